The standard InChI is InChI=1S/C33H22F6N4O2S4/c34-32(35,36)31(33(37,38)39,19-9-13-21(14-10-19)40-27(44)17-46-29-42-23-5-1-3-7-25(23)48-29)20-11-15-22(16-12-20)41-28(45)18-47-30-43-24-6-2-4-8-26(24)49-30/h1-16H,17-18H2,(H,40,44)(H,41,45). The normalized spacial score (nSPS) is 12.4. The van der Waals surface area contributed by atoms with Crippen molar-refractivity contribution in [2.75, 3.05) is 22.1 Å². The van der Waals surface area contributed by atoms with Crippen LogP contribution < -0.4 is 10.6 Å². The van der Waals surface area contributed by atoms with Gasteiger partial charge in [0.05, 0.1) is 31.9 Å². The number of rotatable bonds is 10. The van der Waals surface area contributed by atoms with Crippen LogP contribution >= 0.6 is 46.2 Å². The summed E-state index contributed by atoms with van der Waals surface area (Å²) in [5.74, 6) is -1.16. The monoisotopic (exact) mass is 748 g/mol. The molecule has 0 atom stereocenters. The number of fused-ring (bicyclic) bond motifs is 2. The lowest BCUT2D eigenvalue weighted by atomic mass is 9.73. The van der Waals surface area contributed by atoms with Crippen LogP contribution in [-0.2, 0) is 15.0 Å². The molecule has 0 fully saturated rings. The lowest BCUT2D eigenvalue weighted by Gasteiger charge is -2.38. The van der Waals surface area contributed by atoms with E-state index in [1.165, 1.54) is 22.7 Å². The topological polar surface area (TPSA) is 84.0 Å². The van der Waals surface area contributed by atoms with Crippen LogP contribution in [0.25, 0.3) is 20.4 Å². The summed E-state index contributed by atoms with van der Waals surface area (Å²) >= 11 is 5.11. The van der Waals surface area contributed by atoms with E-state index in [1.54, 1.807) is 0 Å². The Bertz CT molecular complexity index is 1900. The molecule has 0 aliphatic heterocycles. The third-order valence-electron chi connectivity index (χ3n) is 7.26. The SMILES string of the molecule is O=C(CSc1nc2ccccc2s1)Nc1ccc(C(c2ccc(NC(=O)CSc3nc4ccccc4s3)cc2)(C(F)(F)F)C(F)(F)F)cc1. The van der Waals surface area contributed by atoms with Gasteiger partial charge in [0.2, 0.25) is 17.2 Å². The number of carbonyl (C=O) groups excluding carboxylic acids is 2. The number of hydrogen-bond acceptors (Lipinski definition) is 8. The summed E-state index contributed by atoms with van der Waals surface area (Å²) < 4.78 is 91.2. The van der Waals surface area contributed by atoms with Gasteiger partial charge in [-0.3, -0.25) is 9.59 Å². The van der Waals surface area contributed by atoms with Gasteiger partial charge in [0, 0.05) is 11.4 Å². The van der Waals surface area contributed by atoms with Crippen LogP contribution in [0.3, 0.4) is 0 Å². The molecule has 0 radical (unpaired) electrons. The Hall–Kier alpha value is -4.12. The number of alkyl halides is 6. The quantitative estimate of drug-likeness (QED) is 0.107. The van der Waals surface area contributed by atoms with E-state index in [-0.39, 0.29) is 22.9 Å². The fourth-order valence-corrected chi connectivity index (χ4v) is 8.80. The smallest absolute Gasteiger partial charge is 0.325 e. The van der Waals surface area contributed by atoms with Gasteiger partial charge in [0.1, 0.15) is 0 Å². The number of carbonyl (C=O) groups is 2. The van der Waals surface area contributed by atoms with E-state index in [9.17, 15) is 35.9 Å². The second-order valence-electron chi connectivity index (χ2n) is 10.5. The Morgan fingerprint density at radius 1 is 0.571 bits per heavy atom. The van der Waals surface area contributed by atoms with E-state index in [0.717, 1.165) is 68.2 Å². The molecular weight excluding hydrogens is 727 g/mol. The van der Waals surface area contributed by atoms with Gasteiger partial charge < -0.3 is 10.6 Å². The van der Waals surface area contributed by atoms with E-state index in [2.05, 4.69) is 20.6 Å². The average Bonchev–Trinajstić information content (AvgIpc) is 3.67. The fraction of sp³-hybridized carbons (Fsp3) is 0.152. The van der Waals surface area contributed by atoms with Crippen LogP contribution in [0, 0.1) is 0 Å². The fourth-order valence-electron chi connectivity index (χ4n) is 5.06. The molecule has 0 aliphatic carbocycles. The van der Waals surface area contributed by atoms with Crippen molar-refractivity contribution in [2.24, 2.45) is 0 Å². The predicted molar refractivity (Wildman–Crippen MR) is 184 cm³/mol. The van der Waals surface area contributed by atoms with Crippen molar-refractivity contribution in [3.8, 4) is 0 Å². The zero-order valence-corrected chi connectivity index (χ0v) is 28.0. The number of thioether (sulfide) groups is 2. The molecule has 252 valence electrons. The first-order chi connectivity index (χ1) is 23.3. The van der Waals surface area contributed by atoms with Crippen molar-refractivity contribution in [1.82, 2.24) is 9.97 Å². The summed E-state index contributed by atoms with van der Waals surface area (Å²) in [7, 11) is 0. The molecule has 4 aromatic carbocycles. The van der Waals surface area contributed by atoms with E-state index in [4.69, 9.17) is 0 Å². The highest BCUT2D eigenvalue weighted by Gasteiger charge is 2.72. The zero-order valence-electron chi connectivity index (χ0n) is 24.8. The largest absolute Gasteiger partial charge is 0.411 e. The molecule has 16 heteroatoms. The first-order valence-corrected chi connectivity index (χ1v) is 17.8. The summed E-state index contributed by atoms with van der Waals surface area (Å²) in [6.07, 6.45) is -11.6. The Balaban J connectivity index is 1.15. The van der Waals surface area contributed by atoms with Crippen molar-refractivity contribution in [2.45, 2.75) is 26.4 Å². The van der Waals surface area contributed by atoms with Gasteiger partial charge in [-0.2, -0.15) is 26.3 Å². The van der Waals surface area contributed by atoms with Crippen molar-refractivity contribution in [3.05, 3.63) is 108 Å². The van der Waals surface area contributed by atoms with Gasteiger partial charge in [-0.1, -0.05) is 72.1 Å². The number of para-hydroxylation sites is 2. The predicted octanol–water partition coefficient (Wildman–Crippen LogP) is 9.78. The number of nitrogens with zero attached hydrogens (tertiary/aromatic N) is 2. The third-order valence-corrected chi connectivity index (χ3v) is 11.6. The Morgan fingerprint density at radius 3 is 1.29 bits per heavy atom. The maximum absolute atomic E-state index is 14.7. The van der Waals surface area contributed by atoms with E-state index in [1.807, 2.05) is 48.5 Å². The molecule has 6 nitrogen and oxygen atoms in total. The summed E-state index contributed by atoms with van der Waals surface area (Å²) in [5.41, 5.74) is -4.96. The maximum atomic E-state index is 14.7. The van der Waals surface area contributed by atoms with Gasteiger partial charge in [-0.15, -0.1) is 22.7 Å². The summed E-state index contributed by atoms with van der Waals surface area (Å²) in [6.45, 7) is 0. The molecule has 2 N–H and O–H groups in total. The number of hydrogen-bond donors (Lipinski definition) is 2. The second kappa shape index (κ2) is 14.0. The van der Waals surface area contributed by atoms with Gasteiger partial charge >= 0.3 is 12.4 Å². The molecule has 0 saturated carbocycles. The van der Waals surface area contributed by atoms with Crippen molar-refractivity contribution < 1.29 is 35.9 Å². The summed E-state index contributed by atoms with van der Waals surface area (Å²) in [6, 6.07) is 21.6. The van der Waals surface area contributed by atoms with Crippen LogP contribution in [0.5, 0.6) is 0 Å². The molecule has 0 bridgehead atoms. The van der Waals surface area contributed by atoms with Gasteiger partial charge in [0.15, 0.2) is 8.68 Å². The lowest BCUT2D eigenvalue weighted by molar-refractivity contribution is -0.288. The first kappa shape index (κ1) is 34.7. The van der Waals surface area contributed by atoms with Gasteiger partial charge in [-0.25, -0.2) is 9.97 Å². The molecule has 0 aliphatic rings. The second-order valence-corrected chi connectivity index (χ2v) is 15.0. The first-order valence-electron chi connectivity index (χ1n) is 14.2. The maximum Gasteiger partial charge on any atom is 0.411 e. The molecule has 6 aromatic rings. The molecule has 0 saturated heterocycles. The highest BCUT2D eigenvalue weighted by molar-refractivity contribution is 8.02. The van der Waals surface area contributed by atoms with E-state index >= 15 is 0 Å². The van der Waals surface area contributed by atoms with E-state index in [0.29, 0.717) is 32.9 Å². The van der Waals surface area contributed by atoms with E-state index < -0.39 is 40.7 Å². The molecule has 2 amide bonds. The van der Waals surface area contributed by atoms with Crippen LogP contribution in [-0.4, -0.2) is 45.6 Å². The van der Waals surface area contributed by atoms with Crippen LogP contribution in [0.1, 0.15) is 11.1 Å². The van der Waals surface area contributed by atoms with Gasteiger partial charge in [-0.05, 0) is 59.7 Å². The van der Waals surface area contributed by atoms with Crippen molar-refractivity contribution in [1.29, 1.82) is 0 Å². The highest BCUT2D eigenvalue weighted by Crippen LogP contribution is 2.56. The Morgan fingerprint density at radius 2 is 0.939 bits per heavy atom. The van der Waals surface area contributed by atoms with Crippen LogP contribution in [0.15, 0.2) is 106 Å². The summed E-state index contributed by atoms with van der Waals surface area (Å²) in [4.78, 5) is 33.9. The molecule has 6 rings (SSSR count). The van der Waals surface area contributed by atoms with Gasteiger partial charge in [0.25, 0.3) is 0 Å². The minimum Gasteiger partial charge on any atom is -0.325 e. The minimum atomic E-state index is -5.80. The van der Waals surface area contributed by atoms with Crippen LogP contribution in [0.4, 0.5) is 37.7 Å². The zero-order chi connectivity index (χ0) is 34.8. The molecule has 0 unspecified atom stereocenters. The van der Waals surface area contributed by atoms with Crippen molar-refractivity contribution in [3.63, 3.8) is 0 Å². The lowest BCUT2D eigenvalue weighted by Crippen LogP contribution is -2.54. The number of aromatic nitrogens is 2. The molecule has 0 spiro atoms. The number of anilines is 2. The number of halogens is 6. The number of amides is 2. The summed E-state index contributed by atoms with van der Waals surface area (Å²) in [5, 5.41) is 5.01. The molecule has 49 heavy (non-hydrogen) atoms. The molecule has 2 aromatic heterocycles. The molecular formula is C33H22F6N4O2S4. The average molecular weight is 749 g/mol. The Labute approximate surface area is 291 Å². The Kier molecular flexibility index (Phi) is 9.93. The van der Waals surface area contributed by atoms with Crippen molar-refractivity contribution >= 4 is 89.8 Å². The highest BCUT2D eigenvalue weighted by atomic mass is 32.2. The minimum absolute atomic E-state index is 0.0266. The number of nitrogens with one attached hydrogen (secondary N) is 2. The third kappa shape index (κ3) is 7.41. The molecule has 2 heterocycles. The number of thiazole rings is 2. The van der Waals surface area contributed by atoms with Crippen LogP contribution in [0.2, 0.25) is 0 Å². The number of benzene rings is 4.